The van der Waals surface area contributed by atoms with Crippen LogP contribution in [0.2, 0.25) is 13.1 Å². The molecule has 0 atom stereocenters. The van der Waals surface area contributed by atoms with Crippen LogP contribution >= 0.6 is 17.0 Å². The molecule has 0 N–H and O–H groups in total. The fourth-order valence-corrected chi connectivity index (χ4v) is 5.86. The molecule has 0 saturated carbocycles. The van der Waals surface area contributed by atoms with Gasteiger partial charge < -0.3 is 0 Å². The van der Waals surface area contributed by atoms with Crippen molar-refractivity contribution in [2.75, 3.05) is 0 Å². The van der Waals surface area contributed by atoms with Gasteiger partial charge in [-0.3, -0.25) is 0 Å². The van der Waals surface area contributed by atoms with Gasteiger partial charge in [-0.25, -0.2) is 0 Å². The third kappa shape index (κ3) is 10.9. The summed E-state index contributed by atoms with van der Waals surface area (Å²) in [5, 5.41) is 5.54. The van der Waals surface area contributed by atoms with Crippen LogP contribution in [-0.2, 0) is 33.7 Å². The van der Waals surface area contributed by atoms with Crippen LogP contribution in [0.4, 0.5) is 0 Å². The molecule has 0 bridgehead atoms. The average molecular weight is 743 g/mol. The van der Waals surface area contributed by atoms with Crippen molar-refractivity contribution in [1.29, 1.82) is 0 Å². The molecule has 6 rings (SSSR count). The average Bonchev–Trinajstić information content (AvgIpc) is 3.68. The summed E-state index contributed by atoms with van der Waals surface area (Å²) in [6.07, 6.45) is 7.45. The van der Waals surface area contributed by atoms with Crippen LogP contribution in [0.25, 0.3) is 43.8 Å². The van der Waals surface area contributed by atoms with Crippen molar-refractivity contribution < 1.29 is 20.8 Å². The van der Waals surface area contributed by atoms with Crippen LogP contribution in [0.5, 0.6) is 0 Å². The maximum absolute atomic E-state index is 4.93. The summed E-state index contributed by atoms with van der Waals surface area (Å²) in [5.41, 5.74) is 11.1. The van der Waals surface area contributed by atoms with Crippen molar-refractivity contribution in [2.24, 2.45) is 0 Å². The Morgan fingerprint density at radius 1 is 0.565 bits per heavy atom. The minimum absolute atomic E-state index is 0.826. The summed E-state index contributed by atoms with van der Waals surface area (Å²) in [5.74, 6) is 0. The molecule has 4 heteroatoms. The first-order valence-electron chi connectivity index (χ1n) is 16.5. The Bertz CT molecular complexity index is 1620. The fourth-order valence-electron chi connectivity index (χ4n) is 5.86. The van der Waals surface area contributed by atoms with Gasteiger partial charge in [-0.1, -0.05) is 124 Å². The van der Waals surface area contributed by atoms with Gasteiger partial charge in [-0.15, -0.1) is 69.1 Å². The minimum atomic E-state index is -0.826. The predicted octanol–water partition coefficient (Wildman–Crippen LogP) is 13.9. The Hall–Kier alpha value is -2.22. The van der Waals surface area contributed by atoms with E-state index in [2.05, 4.69) is 150 Å². The standard InChI is InChI=1S/2C20H21.C2H6Si.2ClH.Zr/c2*1-3-4-9-16-13-17-10-7-12-19(20(17)14-16)18-11-6-5-8-15(18)2;1-3-2;;;/h2*5-8,10-14H,3-4,9H2,1-2H3;1-2H3;2*1H;/q2*-1;;;;+4/p-2. The quantitative estimate of drug-likeness (QED) is 0.108. The summed E-state index contributed by atoms with van der Waals surface area (Å²) in [6, 6.07) is 40.1. The van der Waals surface area contributed by atoms with Crippen LogP contribution in [0.1, 0.15) is 61.8 Å². The Kier molecular flexibility index (Phi) is 17.4. The maximum atomic E-state index is 4.93. The Balaban J connectivity index is 0.000000214. The van der Waals surface area contributed by atoms with Crippen molar-refractivity contribution in [3.8, 4) is 22.3 Å². The number of hydrogen-bond acceptors (Lipinski definition) is 0. The molecule has 0 amide bonds. The first kappa shape index (κ1) is 38.2. The van der Waals surface area contributed by atoms with Gasteiger partial charge in [0.2, 0.25) is 0 Å². The zero-order valence-electron chi connectivity index (χ0n) is 28.4. The normalized spacial score (nSPS) is 10.3. The molecule has 0 saturated heterocycles. The number of benzene rings is 4. The second-order valence-electron chi connectivity index (χ2n) is 11.8. The van der Waals surface area contributed by atoms with Crippen molar-refractivity contribution in [2.45, 2.75) is 79.3 Å². The third-order valence-electron chi connectivity index (χ3n) is 8.13. The molecule has 46 heavy (non-hydrogen) atoms. The van der Waals surface area contributed by atoms with E-state index in [1.807, 2.05) is 0 Å². The molecule has 0 fully saturated rings. The number of halogens is 2. The van der Waals surface area contributed by atoms with E-state index < -0.39 is 20.8 Å². The van der Waals surface area contributed by atoms with Gasteiger partial charge in [-0.05, 0) is 48.9 Å². The topological polar surface area (TPSA) is 0 Å². The van der Waals surface area contributed by atoms with Gasteiger partial charge in [0.15, 0.2) is 0 Å². The second-order valence-corrected chi connectivity index (χ2v) is 16.5. The number of hydrogen-bond donors (Lipinski definition) is 0. The van der Waals surface area contributed by atoms with E-state index in [1.165, 1.54) is 105 Å². The number of fused-ring (bicyclic) bond motifs is 2. The summed E-state index contributed by atoms with van der Waals surface area (Å²) in [7, 11) is 11.0. The van der Waals surface area contributed by atoms with E-state index in [1.54, 1.807) is 0 Å². The molecule has 0 aromatic heterocycles. The molecular weight excluding hydrogens is 695 g/mol. The number of aryl methyl sites for hydroxylation is 4. The van der Waals surface area contributed by atoms with E-state index in [9.17, 15) is 0 Å². The van der Waals surface area contributed by atoms with Crippen LogP contribution in [0, 0.1) is 13.8 Å². The van der Waals surface area contributed by atoms with Gasteiger partial charge in [0.05, 0.1) is 0 Å². The fraction of sp³-hybridized carbons (Fsp3) is 0.286. The summed E-state index contributed by atoms with van der Waals surface area (Å²) in [6.45, 7) is 13.2. The second kappa shape index (κ2) is 20.9. The Morgan fingerprint density at radius 3 is 1.26 bits per heavy atom. The third-order valence-corrected chi connectivity index (χ3v) is 8.13. The van der Waals surface area contributed by atoms with E-state index in [4.69, 9.17) is 17.0 Å². The van der Waals surface area contributed by atoms with Crippen LogP contribution in [0.15, 0.2) is 109 Å². The van der Waals surface area contributed by atoms with Crippen LogP contribution < -0.4 is 0 Å². The van der Waals surface area contributed by atoms with E-state index in [0.29, 0.717) is 0 Å². The van der Waals surface area contributed by atoms with E-state index in [-0.39, 0.29) is 0 Å². The molecular formula is C42H48Cl2SiZr. The van der Waals surface area contributed by atoms with Gasteiger partial charge in [0, 0.05) is 9.52 Å². The van der Waals surface area contributed by atoms with Crippen molar-refractivity contribution in [3.63, 3.8) is 0 Å². The van der Waals surface area contributed by atoms with Crippen molar-refractivity contribution in [1.82, 2.24) is 0 Å². The molecule has 6 aromatic rings. The first-order chi connectivity index (χ1) is 22.4. The molecule has 0 spiro atoms. The number of rotatable bonds is 8. The van der Waals surface area contributed by atoms with Crippen molar-refractivity contribution >= 4 is 48.1 Å². The van der Waals surface area contributed by atoms with E-state index in [0.717, 1.165) is 9.52 Å². The summed E-state index contributed by atoms with van der Waals surface area (Å²) < 4.78 is 0. The molecule has 0 aliphatic carbocycles. The molecule has 0 unspecified atom stereocenters. The number of unbranched alkanes of at least 4 members (excludes halogenated alkanes) is 2. The van der Waals surface area contributed by atoms with Gasteiger partial charge in [0.25, 0.3) is 0 Å². The molecule has 2 radical (unpaired) electrons. The zero-order chi connectivity index (χ0) is 33.3. The van der Waals surface area contributed by atoms with E-state index >= 15 is 0 Å². The Morgan fingerprint density at radius 2 is 0.913 bits per heavy atom. The van der Waals surface area contributed by atoms with Crippen LogP contribution in [-0.4, -0.2) is 9.52 Å². The molecule has 0 aliphatic heterocycles. The van der Waals surface area contributed by atoms with Gasteiger partial charge in [0.1, 0.15) is 0 Å². The predicted molar refractivity (Wildman–Crippen MR) is 206 cm³/mol. The molecule has 0 nitrogen and oxygen atoms in total. The molecule has 6 aromatic carbocycles. The monoisotopic (exact) mass is 740 g/mol. The van der Waals surface area contributed by atoms with Gasteiger partial charge >= 0.3 is 37.9 Å². The SMILES string of the molecule is CCCCc1cc2c(-c3ccccc3C)cccc2[cH-]1.CCCCc1cc2c(-c3ccccc3C)cccc2[cH-]1.C[Si]C.[Cl][Zr+2][Cl]. The summed E-state index contributed by atoms with van der Waals surface area (Å²) in [4.78, 5) is 0. The zero-order valence-corrected chi connectivity index (χ0v) is 33.4. The molecule has 0 heterocycles. The molecule has 238 valence electrons. The van der Waals surface area contributed by atoms with Crippen LogP contribution in [0.3, 0.4) is 0 Å². The molecule has 0 aliphatic rings. The van der Waals surface area contributed by atoms with Crippen molar-refractivity contribution in [3.05, 3.63) is 131 Å². The Labute approximate surface area is 299 Å². The summed E-state index contributed by atoms with van der Waals surface area (Å²) >= 11 is -0.826. The first-order valence-corrected chi connectivity index (χ1v) is 24.8. The van der Waals surface area contributed by atoms with Gasteiger partial charge in [-0.2, -0.15) is 12.1 Å².